The SMILES string of the molecule is Cc1cc(C(C)Cl)co1. The predicted octanol–water partition coefficient (Wildman–Crippen LogP) is 2.89. The van der Waals surface area contributed by atoms with Gasteiger partial charge in [-0.05, 0) is 19.9 Å². The van der Waals surface area contributed by atoms with Crippen molar-refractivity contribution in [3.63, 3.8) is 0 Å². The number of aryl methyl sites for hydroxylation is 1. The number of halogens is 1. The summed E-state index contributed by atoms with van der Waals surface area (Å²) >= 11 is 5.76. The van der Waals surface area contributed by atoms with Crippen molar-refractivity contribution in [2.24, 2.45) is 0 Å². The monoisotopic (exact) mass is 144 g/mol. The van der Waals surface area contributed by atoms with E-state index in [9.17, 15) is 0 Å². The molecule has 50 valence electrons. The van der Waals surface area contributed by atoms with Crippen LogP contribution in [-0.4, -0.2) is 0 Å². The maximum Gasteiger partial charge on any atom is 0.101 e. The average molecular weight is 145 g/mol. The van der Waals surface area contributed by atoms with E-state index in [2.05, 4.69) is 0 Å². The minimum atomic E-state index is 0.0578. The van der Waals surface area contributed by atoms with E-state index < -0.39 is 0 Å². The summed E-state index contributed by atoms with van der Waals surface area (Å²) in [4.78, 5) is 0. The maximum absolute atomic E-state index is 5.76. The van der Waals surface area contributed by atoms with Gasteiger partial charge in [0.25, 0.3) is 0 Å². The van der Waals surface area contributed by atoms with Crippen LogP contribution in [-0.2, 0) is 0 Å². The highest BCUT2D eigenvalue weighted by molar-refractivity contribution is 6.20. The molecule has 0 aromatic carbocycles. The quantitative estimate of drug-likeness (QED) is 0.553. The summed E-state index contributed by atoms with van der Waals surface area (Å²) in [5, 5.41) is 0.0578. The Labute approximate surface area is 59.6 Å². The van der Waals surface area contributed by atoms with Crippen LogP contribution in [0.15, 0.2) is 16.7 Å². The van der Waals surface area contributed by atoms with Gasteiger partial charge in [-0.25, -0.2) is 0 Å². The molecule has 0 saturated carbocycles. The minimum absolute atomic E-state index is 0.0578. The van der Waals surface area contributed by atoms with Crippen LogP contribution in [0.4, 0.5) is 0 Å². The number of hydrogen-bond acceptors (Lipinski definition) is 1. The first-order valence-electron chi connectivity index (χ1n) is 2.89. The number of furan rings is 1. The van der Waals surface area contributed by atoms with Crippen LogP contribution < -0.4 is 0 Å². The lowest BCUT2D eigenvalue weighted by Gasteiger charge is -1.92. The highest BCUT2D eigenvalue weighted by Gasteiger charge is 2.02. The second-order valence-corrected chi connectivity index (χ2v) is 2.76. The molecule has 0 radical (unpaired) electrons. The Morgan fingerprint density at radius 2 is 2.33 bits per heavy atom. The van der Waals surface area contributed by atoms with Crippen molar-refractivity contribution in [1.82, 2.24) is 0 Å². The molecular weight excluding hydrogens is 136 g/mol. The predicted molar refractivity (Wildman–Crippen MR) is 37.7 cm³/mol. The van der Waals surface area contributed by atoms with Crippen LogP contribution in [0.2, 0.25) is 0 Å². The molecule has 1 rings (SSSR count). The van der Waals surface area contributed by atoms with E-state index in [0.29, 0.717) is 0 Å². The molecule has 1 aromatic rings. The van der Waals surface area contributed by atoms with Crippen molar-refractivity contribution < 1.29 is 4.42 Å². The topological polar surface area (TPSA) is 13.1 Å². The lowest BCUT2D eigenvalue weighted by Crippen LogP contribution is -1.75. The third kappa shape index (κ3) is 1.49. The largest absolute Gasteiger partial charge is 0.469 e. The van der Waals surface area contributed by atoms with Gasteiger partial charge in [-0.3, -0.25) is 0 Å². The van der Waals surface area contributed by atoms with Crippen LogP contribution in [0.5, 0.6) is 0 Å². The molecule has 1 unspecified atom stereocenters. The second-order valence-electron chi connectivity index (χ2n) is 2.11. The molecule has 0 fully saturated rings. The first-order valence-corrected chi connectivity index (χ1v) is 3.33. The van der Waals surface area contributed by atoms with E-state index in [4.69, 9.17) is 16.0 Å². The Morgan fingerprint density at radius 3 is 2.56 bits per heavy atom. The van der Waals surface area contributed by atoms with Gasteiger partial charge in [0.15, 0.2) is 0 Å². The molecule has 1 aromatic heterocycles. The molecule has 0 aliphatic carbocycles. The fourth-order valence-corrected chi connectivity index (χ4v) is 0.787. The van der Waals surface area contributed by atoms with E-state index in [1.165, 1.54) is 0 Å². The number of rotatable bonds is 1. The zero-order valence-electron chi connectivity index (χ0n) is 5.52. The molecule has 1 heterocycles. The normalized spacial score (nSPS) is 13.7. The molecule has 1 nitrogen and oxygen atoms in total. The molecular formula is C7H9ClO. The first-order chi connectivity index (χ1) is 4.20. The highest BCUT2D eigenvalue weighted by atomic mass is 35.5. The Bertz CT molecular complexity index is 191. The van der Waals surface area contributed by atoms with Crippen LogP contribution in [0.1, 0.15) is 23.6 Å². The first kappa shape index (κ1) is 6.69. The summed E-state index contributed by atoms with van der Waals surface area (Å²) in [5.41, 5.74) is 1.05. The average Bonchev–Trinajstić information content (AvgIpc) is 2.14. The van der Waals surface area contributed by atoms with Crippen LogP contribution in [0.25, 0.3) is 0 Å². The number of alkyl halides is 1. The molecule has 9 heavy (non-hydrogen) atoms. The van der Waals surface area contributed by atoms with Crippen molar-refractivity contribution in [2.75, 3.05) is 0 Å². The third-order valence-electron chi connectivity index (χ3n) is 1.21. The van der Waals surface area contributed by atoms with Gasteiger partial charge in [0, 0.05) is 5.56 Å². The highest BCUT2D eigenvalue weighted by Crippen LogP contribution is 2.20. The maximum atomic E-state index is 5.76. The summed E-state index contributed by atoms with van der Waals surface area (Å²) in [5.74, 6) is 0.914. The zero-order valence-corrected chi connectivity index (χ0v) is 6.27. The van der Waals surface area contributed by atoms with Crippen LogP contribution in [0.3, 0.4) is 0 Å². The van der Waals surface area contributed by atoms with Crippen molar-refractivity contribution >= 4 is 11.6 Å². The van der Waals surface area contributed by atoms with Gasteiger partial charge in [-0.15, -0.1) is 11.6 Å². The van der Waals surface area contributed by atoms with Gasteiger partial charge >= 0.3 is 0 Å². The Balaban J connectivity index is 2.85. The van der Waals surface area contributed by atoms with E-state index in [1.54, 1.807) is 6.26 Å². The Hall–Kier alpha value is -0.430. The summed E-state index contributed by atoms with van der Waals surface area (Å²) in [6.45, 7) is 3.83. The summed E-state index contributed by atoms with van der Waals surface area (Å²) in [6.07, 6.45) is 1.69. The molecule has 0 saturated heterocycles. The van der Waals surface area contributed by atoms with Crippen LogP contribution >= 0.6 is 11.6 Å². The number of hydrogen-bond donors (Lipinski definition) is 0. The molecule has 1 atom stereocenters. The van der Waals surface area contributed by atoms with E-state index >= 15 is 0 Å². The molecule has 0 bridgehead atoms. The summed E-state index contributed by atoms with van der Waals surface area (Å²) < 4.78 is 5.04. The van der Waals surface area contributed by atoms with Gasteiger partial charge in [0.05, 0.1) is 11.6 Å². The Kier molecular flexibility index (Phi) is 1.81. The molecule has 0 amide bonds. The van der Waals surface area contributed by atoms with Crippen LogP contribution in [0, 0.1) is 6.92 Å². The van der Waals surface area contributed by atoms with Crippen molar-refractivity contribution in [3.8, 4) is 0 Å². The smallest absolute Gasteiger partial charge is 0.101 e. The summed E-state index contributed by atoms with van der Waals surface area (Å²) in [6, 6.07) is 1.94. The van der Waals surface area contributed by atoms with Gasteiger partial charge in [0.2, 0.25) is 0 Å². The van der Waals surface area contributed by atoms with E-state index in [1.807, 2.05) is 19.9 Å². The van der Waals surface area contributed by atoms with Gasteiger partial charge in [0.1, 0.15) is 5.76 Å². The third-order valence-corrected chi connectivity index (χ3v) is 1.46. The molecule has 0 aliphatic heterocycles. The van der Waals surface area contributed by atoms with Gasteiger partial charge in [-0.2, -0.15) is 0 Å². The van der Waals surface area contributed by atoms with E-state index in [0.717, 1.165) is 11.3 Å². The van der Waals surface area contributed by atoms with Gasteiger partial charge in [-0.1, -0.05) is 0 Å². The van der Waals surface area contributed by atoms with E-state index in [-0.39, 0.29) is 5.38 Å². The lowest BCUT2D eigenvalue weighted by molar-refractivity contribution is 0.532. The van der Waals surface area contributed by atoms with Gasteiger partial charge < -0.3 is 4.42 Å². The molecule has 0 N–H and O–H groups in total. The zero-order chi connectivity index (χ0) is 6.85. The summed E-state index contributed by atoms with van der Waals surface area (Å²) in [7, 11) is 0. The molecule has 2 heteroatoms. The molecule has 0 spiro atoms. The molecule has 0 aliphatic rings. The van der Waals surface area contributed by atoms with Crippen molar-refractivity contribution in [1.29, 1.82) is 0 Å². The Morgan fingerprint density at radius 1 is 1.67 bits per heavy atom. The second kappa shape index (κ2) is 2.44. The minimum Gasteiger partial charge on any atom is -0.469 e. The lowest BCUT2D eigenvalue weighted by atomic mass is 10.2. The fourth-order valence-electron chi connectivity index (χ4n) is 0.672. The van der Waals surface area contributed by atoms with Crippen molar-refractivity contribution in [3.05, 3.63) is 23.7 Å². The fraction of sp³-hybridized carbons (Fsp3) is 0.429. The standard InChI is InChI=1S/C7H9ClO/c1-5-3-7(4-9-5)6(2)8/h3-4,6H,1-2H3. The van der Waals surface area contributed by atoms with Crippen molar-refractivity contribution in [2.45, 2.75) is 19.2 Å².